The Morgan fingerprint density at radius 1 is 1.00 bits per heavy atom. The summed E-state index contributed by atoms with van der Waals surface area (Å²) in [6, 6.07) is 21.0. The van der Waals surface area contributed by atoms with Crippen molar-refractivity contribution < 1.29 is 9.59 Å². The summed E-state index contributed by atoms with van der Waals surface area (Å²) in [6.07, 6.45) is 4.43. The van der Waals surface area contributed by atoms with E-state index in [-0.39, 0.29) is 23.8 Å². The number of carbonyl (C=O) groups is 2. The molecule has 2 aromatic carbocycles. The number of nitrogens with zero attached hydrogens (tertiary/aromatic N) is 4. The number of amides is 2. The van der Waals surface area contributed by atoms with Crippen molar-refractivity contribution in [2.24, 2.45) is 5.92 Å². The monoisotopic (exact) mass is 611 g/mol. The third kappa shape index (κ3) is 6.33. The van der Waals surface area contributed by atoms with Crippen LogP contribution in [0.1, 0.15) is 86.0 Å². The molecule has 0 spiro atoms. The average molecular weight is 612 g/mol. The van der Waals surface area contributed by atoms with Crippen molar-refractivity contribution in [2.75, 3.05) is 13.1 Å². The zero-order chi connectivity index (χ0) is 30.8. The molecule has 4 heterocycles. The maximum absolute atomic E-state index is 13.9. The van der Waals surface area contributed by atoms with Crippen molar-refractivity contribution in [3.63, 3.8) is 0 Å². The topological polar surface area (TPSA) is 70.5 Å². The van der Waals surface area contributed by atoms with Gasteiger partial charge in [-0.2, -0.15) is 0 Å². The van der Waals surface area contributed by atoms with Gasteiger partial charge in [-0.15, -0.1) is 11.3 Å². The Labute approximate surface area is 265 Å². The molecule has 1 N–H and O–H groups in total. The summed E-state index contributed by atoms with van der Waals surface area (Å²) >= 11 is 1.74. The van der Waals surface area contributed by atoms with E-state index in [1.165, 1.54) is 10.4 Å². The summed E-state index contributed by atoms with van der Waals surface area (Å²) in [4.78, 5) is 38.5. The van der Waals surface area contributed by atoms with Gasteiger partial charge in [0.2, 0.25) is 5.91 Å². The van der Waals surface area contributed by atoms with Crippen molar-refractivity contribution in [3.8, 4) is 0 Å². The Bertz CT molecular complexity index is 1580. The standard InChI is InChI=1S/C36H45N5O2S/c1-5-27(6-2)41-33-15-14-26(18-31(33)37-34(41)20-30-13-10-16-44-30)35(42)38-32(17-24(3)4)36(43)40-23-28-19-29(40)22-39(28)21-25-11-8-7-9-12-25/h7-16,18,24,27-29,32H,5-6,17,19-23H2,1-4H3,(H,38,42). The molecule has 2 aliphatic heterocycles. The molecule has 232 valence electrons. The second-order valence-electron chi connectivity index (χ2n) is 12.9. The first-order valence-corrected chi connectivity index (χ1v) is 17.1. The summed E-state index contributed by atoms with van der Waals surface area (Å²) in [6.45, 7) is 11.2. The fourth-order valence-corrected chi connectivity index (χ4v) is 7.91. The first-order chi connectivity index (χ1) is 21.3. The minimum atomic E-state index is -0.545. The number of hydrogen-bond acceptors (Lipinski definition) is 5. The average Bonchev–Trinajstić information content (AvgIpc) is 3.82. The normalized spacial score (nSPS) is 19.0. The molecule has 7 nitrogen and oxygen atoms in total. The van der Waals surface area contributed by atoms with Crippen LogP contribution in [0, 0.1) is 5.92 Å². The Morgan fingerprint density at radius 2 is 1.80 bits per heavy atom. The third-order valence-corrected chi connectivity index (χ3v) is 10.3. The lowest BCUT2D eigenvalue weighted by atomic mass is 10.0. The third-order valence-electron chi connectivity index (χ3n) is 9.42. The zero-order valence-corrected chi connectivity index (χ0v) is 27.2. The zero-order valence-electron chi connectivity index (χ0n) is 26.4. The van der Waals surface area contributed by atoms with Gasteiger partial charge in [-0.05, 0) is 66.8 Å². The Morgan fingerprint density at radius 3 is 2.45 bits per heavy atom. The second kappa shape index (κ2) is 13.2. The van der Waals surface area contributed by atoms with Crippen LogP contribution in [-0.2, 0) is 17.8 Å². The van der Waals surface area contributed by atoms with Gasteiger partial charge < -0.3 is 14.8 Å². The van der Waals surface area contributed by atoms with Crippen LogP contribution >= 0.6 is 11.3 Å². The minimum Gasteiger partial charge on any atom is -0.340 e. The van der Waals surface area contributed by atoms with Gasteiger partial charge in [-0.1, -0.05) is 64.1 Å². The van der Waals surface area contributed by atoms with Crippen molar-refractivity contribution in [3.05, 3.63) is 87.9 Å². The molecule has 2 aromatic heterocycles. The molecule has 3 atom stereocenters. The van der Waals surface area contributed by atoms with Crippen LogP contribution in [0.4, 0.5) is 0 Å². The number of benzene rings is 2. The van der Waals surface area contributed by atoms with Gasteiger partial charge in [0.05, 0.1) is 11.0 Å². The van der Waals surface area contributed by atoms with E-state index in [0.717, 1.165) is 62.2 Å². The molecule has 4 aromatic rings. The SMILES string of the molecule is CCC(CC)n1c(Cc2cccs2)nc2cc(C(=O)NC(CC(C)C)C(=O)N3CC4CC3CN4Cc3ccccc3)ccc21. The molecule has 44 heavy (non-hydrogen) atoms. The number of likely N-dealkylation sites (tertiary alicyclic amines) is 2. The number of fused-ring (bicyclic) bond motifs is 3. The molecule has 2 amide bonds. The molecule has 6 rings (SSSR count). The largest absolute Gasteiger partial charge is 0.340 e. The molecule has 0 saturated carbocycles. The predicted octanol–water partition coefficient (Wildman–Crippen LogP) is 6.68. The lowest BCUT2D eigenvalue weighted by molar-refractivity contribution is -0.136. The number of aromatic nitrogens is 2. The molecule has 0 radical (unpaired) electrons. The van der Waals surface area contributed by atoms with E-state index < -0.39 is 6.04 Å². The highest BCUT2D eigenvalue weighted by atomic mass is 32.1. The number of hydrogen-bond donors (Lipinski definition) is 1. The number of nitrogens with one attached hydrogen (secondary N) is 1. The summed E-state index contributed by atoms with van der Waals surface area (Å²) < 4.78 is 2.37. The fraction of sp³-hybridized carbons (Fsp3) is 0.472. The Kier molecular flexibility index (Phi) is 9.19. The molecule has 2 bridgehead atoms. The van der Waals surface area contributed by atoms with Gasteiger partial charge in [-0.3, -0.25) is 14.5 Å². The summed E-state index contributed by atoms with van der Waals surface area (Å²) in [5.41, 5.74) is 3.75. The van der Waals surface area contributed by atoms with Crippen LogP contribution in [0.15, 0.2) is 66.0 Å². The van der Waals surface area contributed by atoms with Gasteiger partial charge >= 0.3 is 0 Å². The van der Waals surface area contributed by atoms with Crippen molar-refractivity contribution in [2.45, 2.75) is 90.5 Å². The first-order valence-electron chi connectivity index (χ1n) is 16.3. The smallest absolute Gasteiger partial charge is 0.252 e. The van der Waals surface area contributed by atoms with Gasteiger partial charge in [0.15, 0.2) is 0 Å². The van der Waals surface area contributed by atoms with Gasteiger partial charge in [0.25, 0.3) is 5.91 Å². The lowest BCUT2D eigenvalue weighted by Gasteiger charge is -2.36. The fourth-order valence-electron chi connectivity index (χ4n) is 7.21. The van der Waals surface area contributed by atoms with Gasteiger partial charge in [-0.25, -0.2) is 4.98 Å². The van der Waals surface area contributed by atoms with E-state index >= 15 is 0 Å². The summed E-state index contributed by atoms with van der Waals surface area (Å²) in [5.74, 6) is 1.15. The minimum absolute atomic E-state index is 0.0521. The maximum atomic E-state index is 13.9. The highest BCUT2D eigenvalue weighted by Gasteiger charge is 2.46. The van der Waals surface area contributed by atoms with E-state index in [2.05, 4.69) is 84.3 Å². The van der Waals surface area contributed by atoms with Crippen molar-refractivity contribution >= 4 is 34.2 Å². The number of carbonyl (C=O) groups excluding carboxylic acids is 2. The lowest BCUT2D eigenvalue weighted by Crippen LogP contribution is -2.55. The van der Waals surface area contributed by atoms with Crippen LogP contribution < -0.4 is 5.32 Å². The van der Waals surface area contributed by atoms with E-state index in [1.54, 1.807) is 11.3 Å². The van der Waals surface area contributed by atoms with Gasteiger partial charge in [0.1, 0.15) is 11.9 Å². The number of piperazine rings is 1. The van der Waals surface area contributed by atoms with E-state index in [1.807, 2.05) is 29.2 Å². The summed E-state index contributed by atoms with van der Waals surface area (Å²) in [7, 11) is 0. The Hall–Kier alpha value is -3.49. The van der Waals surface area contributed by atoms with Crippen LogP contribution in [0.25, 0.3) is 11.0 Å². The molecule has 3 unspecified atom stereocenters. The van der Waals surface area contributed by atoms with Crippen LogP contribution in [0.3, 0.4) is 0 Å². The second-order valence-corrected chi connectivity index (χ2v) is 14.0. The van der Waals surface area contributed by atoms with Crippen LogP contribution in [0.5, 0.6) is 0 Å². The van der Waals surface area contributed by atoms with Crippen molar-refractivity contribution in [1.29, 1.82) is 0 Å². The highest BCUT2D eigenvalue weighted by Crippen LogP contribution is 2.33. The highest BCUT2D eigenvalue weighted by molar-refractivity contribution is 7.09. The quantitative estimate of drug-likeness (QED) is 0.194. The molecular formula is C36H45N5O2S. The first kappa shape index (κ1) is 30.5. The number of rotatable bonds is 12. The van der Waals surface area contributed by atoms with E-state index in [9.17, 15) is 9.59 Å². The summed E-state index contributed by atoms with van der Waals surface area (Å²) in [5, 5.41) is 5.24. The maximum Gasteiger partial charge on any atom is 0.252 e. The number of imidazole rings is 1. The molecule has 8 heteroatoms. The molecule has 2 fully saturated rings. The molecule has 2 saturated heterocycles. The van der Waals surface area contributed by atoms with Crippen LogP contribution in [-0.4, -0.2) is 62.4 Å². The molecule has 0 aliphatic carbocycles. The van der Waals surface area contributed by atoms with E-state index in [4.69, 9.17) is 4.98 Å². The number of thiophene rings is 1. The van der Waals surface area contributed by atoms with Gasteiger partial charge in [0, 0.05) is 54.6 Å². The van der Waals surface area contributed by atoms with Crippen LogP contribution in [0.2, 0.25) is 0 Å². The molecular weight excluding hydrogens is 566 g/mol. The Balaban J connectivity index is 1.18. The molecule has 2 aliphatic rings. The van der Waals surface area contributed by atoms with Crippen molar-refractivity contribution in [1.82, 2.24) is 24.7 Å². The predicted molar refractivity (Wildman–Crippen MR) is 178 cm³/mol. The van der Waals surface area contributed by atoms with E-state index in [0.29, 0.717) is 24.1 Å².